The number of unbranched alkanes of at least 4 members (excludes halogenated alkanes) is 9. The van der Waals surface area contributed by atoms with Crippen molar-refractivity contribution in [3.8, 4) is 0 Å². The van der Waals surface area contributed by atoms with Crippen molar-refractivity contribution in [2.24, 2.45) is 0 Å². The van der Waals surface area contributed by atoms with Gasteiger partial charge in [-0.15, -0.1) is 0 Å². The second kappa shape index (κ2) is 15.5. The molecule has 0 unspecified atom stereocenters. The summed E-state index contributed by atoms with van der Waals surface area (Å²) < 4.78 is 39.0. The van der Waals surface area contributed by atoms with E-state index in [9.17, 15) is 27.6 Å². The zero-order chi connectivity index (χ0) is 24.7. The van der Waals surface area contributed by atoms with E-state index in [4.69, 9.17) is 5.11 Å². The van der Waals surface area contributed by atoms with E-state index in [0.29, 0.717) is 37.0 Å². The normalized spacial score (nSPS) is 11.4. The highest BCUT2D eigenvalue weighted by Gasteiger charge is 2.42. The Balaban J connectivity index is 2.36. The van der Waals surface area contributed by atoms with Crippen LogP contribution in [0.3, 0.4) is 0 Å². The molecular weight excluding hydrogens is 435 g/mol. The summed E-state index contributed by atoms with van der Waals surface area (Å²) in [7, 11) is 0. The summed E-state index contributed by atoms with van der Waals surface area (Å²) in [5.41, 5.74) is -0.0822. The fourth-order valence-corrected chi connectivity index (χ4v) is 3.63. The largest absolute Gasteiger partial charge is 0.478 e. The molecule has 1 aromatic carbocycles. The number of alkyl halides is 3. The Labute approximate surface area is 194 Å². The first-order valence-electron chi connectivity index (χ1n) is 11.9. The van der Waals surface area contributed by atoms with Crippen LogP contribution in [0.2, 0.25) is 0 Å². The number of hydrogen-bond donors (Lipinski definition) is 1. The van der Waals surface area contributed by atoms with Gasteiger partial charge in [-0.3, -0.25) is 9.59 Å². The van der Waals surface area contributed by atoms with Gasteiger partial charge >= 0.3 is 18.1 Å². The maximum atomic E-state index is 13.0. The van der Waals surface area contributed by atoms with Crippen LogP contribution < -0.4 is 4.90 Å². The van der Waals surface area contributed by atoms with E-state index >= 15 is 0 Å². The molecule has 0 heterocycles. The van der Waals surface area contributed by atoms with E-state index < -0.39 is 18.1 Å². The quantitative estimate of drug-likeness (QED) is 0.250. The second-order valence-corrected chi connectivity index (χ2v) is 8.38. The first-order chi connectivity index (χ1) is 15.7. The lowest BCUT2D eigenvalue weighted by atomic mass is 10.0. The van der Waals surface area contributed by atoms with Crippen molar-refractivity contribution in [2.75, 3.05) is 11.4 Å². The minimum absolute atomic E-state index is 0.00639. The van der Waals surface area contributed by atoms with Crippen LogP contribution in [-0.4, -0.2) is 35.5 Å². The number of aromatic carboxylic acids is 1. The van der Waals surface area contributed by atoms with Gasteiger partial charge in [0.1, 0.15) is 5.78 Å². The van der Waals surface area contributed by atoms with Gasteiger partial charge in [-0.2, -0.15) is 13.2 Å². The van der Waals surface area contributed by atoms with E-state index in [1.807, 2.05) is 0 Å². The highest BCUT2D eigenvalue weighted by molar-refractivity contribution is 5.97. The van der Waals surface area contributed by atoms with Crippen LogP contribution in [0.15, 0.2) is 24.3 Å². The highest BCUT2D eigenvalue weighted by atomic mass is 19.4. The molecular formula is C25H36F3NO4. The van der Waals surface area contributed by atoms with Crippen molar-refractivity contribution in [3.05, 3.63) is 29.8 Å². The summed E-state index contributed by atoms with van der Waals surface area (Å²) in [4.78, 5) is 35.4. The Morgan fingerprint density at radius 1 is 0.788 bits per heavy atom. The third-order valence-electron chi connectivity index (χ3n) is 5.56. The van der Waals surface area contributed by atoms with E-state index in [0.717, 1.165) is 31.4 Å². The van der Waals surface area contributed by atoms with Gasteiger partial charge < -0.3 is 10.0 Å². The highest BCUT2D eigenvalue weighted by Crippen LogP contribution is 2.25. The minimum Gasteiger partial charge on any atom is -0.478 e. The molecule has 8 heteroatoms. The van der Waals surface area contributed by atoms with Crippen LogP contribution in [0.25, 0.3) is 0 Å². The smallest absolute Gasteiger partial charge is 0.471 e. The van der Waals surface area contributed by atoms with E-state index in [2.05, 4.69) is 6.92 Å². The van der Waals surface area contributed by atoms with Crippen molar-refractivity contribution < 1.29 is 32.7 Å². The van der Waals surface area contributed by atoms with Gasteiger partial charge in [0.15, 0.2) is 0 Å². The summed E-state index contributed by atoms with van der Waals surface area (Å²) in [5.74, 6) is -3.02. The fraction of sp³-hybridized carbons (Fsp3) is 0.640. The first-order valence-corrected chi connectivity index (χ1v) is 11.9. The number of carboxylic acids is 1. The van der Waals surface area contributed by atoms with E-state index in [1.54, 1.807) is 0 Å². The molecule has 0 aliphatic rings. The number of benzene rings is 1. The summed E-state index contributed by atoms with van der Waals surface area (Å²) in [6.45, 7) is 2.03. The van der Waals surface area contributed by atoms with E-state index in [-0.39, 0.29) is 23.6 Å². The molecule has 5 nitrogen and oxygen atoms in total. The van der Waals surface area contributed by atoms with E-state index in [1.165, 1.54) is 44.2 Å². The van der Waals surface area contributed by atoms with Gasteiger partial charge in [0.2, 0.25) is 0 Å². The molecule has 1 rings (SSSR count). The predicted octanol–water partition coefficient (Wildman–Crippen LogP) is 6.94. The molecule has 1 aromatic rings. The Bertz CT molecular complexity index is 732. The van der Waals surface area contributed by atoms with Crippen LogP contribution in [0.4, 0.5) is 18.9 Å². The van der Waals surface area contributed by atoms with Crippen LogP contribution in [0.1, 0.15) is 101 Å². The number of rotatable bonds is 17. The number of carbonyl (C=O) groups is 3. The third-order valence-corrected chi connectivity index (χ3v) is 5.56. The average Bonchev–Trinajstić information content (AvgIpc) is 2.77. The number of hydrogen-bond acceptors (Lipinski definition) is 3. The molecule has 0 aliphatic heterocycles. The Hall–Kier alpha value is -2.38. The molecule has 1 N–H and O–H groups in total. The molecule has 0 saturated carbocycles. The van der Waals surface area contributed by atoms with Gasteiger partial charge in [0.25, 0.3) is 0 Å². The van der Waals surface area contributed by atoms with Crippen molar-refractivity contribution in [1.29, 1.82) is 0 Å². The molecule has 0 saturated heterocycles. The standard InChI is InChI=1S/C25H36F3NO4/c1-2-3-4-5-6-7-8-10-13-22(30)14-11-9-12-19-29(24(33)25(26,27)28)21-17-15-20(16-18-21)23(31)32/h15-18H,2-14,19H2,1H3,(H,31,32). The molecule has 0 atom stereocenters. The molecule has 0 spiro atoms. The lowest BCUT2D eigenvalue weighted by Gasteiger charge is -2.24. The molecule has 0 radical (unpaired) electrons. The molecule has 1 amide bonds. The zero-order valence-electron chi connectivity index (χ0n) is 19.5. The average molecular weight is 472 g/mol. The number of amides is 1. The maximum absolute atomic E-state index is 13.0. The summed E-state index contributed by atoms with van der Waals surface area (Å²) in [6, 6.07) is 4.72. The summed E-state index contributed by atoms with van der Waals surface area (Å²) in [6.07, 6.45) is 6.64. The maximum Gasteiger partial charge on any atom is 0.471 e. The number of carboxylic acid groups (broad SMARTS) is 1. The minimum atomic E-state index is -5.03. The Kier molecular flexibility index (Phi) is 13.4. The number of halogens is 3. The van der Waals surface area contributed by atoms with Crippen LogP contribution in [0, 0.1) is 0 Å². The van der Waals surface area contributed by atoms with Gasteiger partial charge in [-0.1, -0.05) is 58.3 Å². The summed E-state index contributed by atoms with van der Waals surface area (Å²) in [5, 5.41) is 8.93. The lowest BCUT2D eigenvalue weighted by molar-refractivity contribution is -0.170. The SMILES string of the molecule is CCCCCCCCCCC(=O)CCCCCN(C(=O)C(F)(F)F)c1ccc(C(=O)O)cc1. The number of ketones is 1. The molecule has 0 bridgehead atoms. The Morgan fingerprint density at radius 2 is 1.27 bits per heavy atom. The predicted molar refractivity (Wildman–Crippen MR) is 123 cm³/mol. The monoisotopic (exact) mass is 471 g/mol. The molecule has 186 valence electrons. The molecule has 33 heavy (non-hydrogen) atoms. The molecule has 0 aromatic heterocycles. The number of nitrogens with zero attached hydrogens (tertiary/aromatic N) is 1. The van der Waals surface area contributed by atoms with Gasteiger partial charge in [-0.25, -0.2) is 4.79 Å². The number of carbonyl (C=O) groups excluding carboxylic acids is 2. The number of anilines is 1. The first kappa shape index (κ1) is 28.7. The van der Waals surface area contributed by atoms with Crippen LogP contribution >= 0.6 is 0 Å². The van der Waals surface area contributed by atoms with Gasteiger partial charge in [-0.05, 0) is 43.5 Å². The third kappa shape index (κ3) is 11.9. The van der Waals surface area contributed by atoms with Crippen molar-refractivity contribution >= 4 is 23.3 Å². The van der Waals surface area contributed by atoms with Crippen molar-refractivity contribution in [3.63, 3.8) is 0 Å². The van der Waals surface area contributed by atoms with Gasteiger partial charge in [0.05, 0.1) is 5.56 Å². The number of Topliss-reactive ketones (excluding diaryl/α,β-unsaturated/α-hetero) is 1. The second-order valence-electron chi connectivity index (χ2n) is 8.38. The summed E-state index contributed by atoms with van der Waals surface area (Å²) >= 11 is 0. The van der Waals surface area contributed by atoms with Crippen LogP contribution in [0.5, 0.6) is 0 Å². The zero-order valence-corrected chi connectivity index (χ0v) is 19.5. The Morgan fingerprint density at radius 3 is 1.76 bits per heavy atom. The van der Waals surface area contributed by atoms with Crippen molar-refractivity contribution in [2.45, 2.75) is 96.6 Å². The lowest BCUT2D eigenvalue weighted by Crippen LogP contribution is -2.41. The van der Waals surface area contributed by atoms with Crippen molar-refractivity contribution in [1.82, 2.24) is 0 Å². The molecule has 0 fully saturated rings. The van der Waals surface area contributed by atoms with Gasteiger partial charge in [0, 0.05) is 25.1 Å². The topological polar surface area (TPSA) is 74.7 Å². The van der Waals surface area contributed by atoms with Crippen LogP contribution in [-0.2, 0) is 9.59 Å². The fourth-order valence-electron chi connectivity index (χ4n) is 3.63. The molecule has 0 aliphatic carbocycles.